The quantitative estimate of drug-likeness (QED) is 0.587. The molecule has 3 nitrogen and oxygen atoms in total. The molecule has 2 atom stereocenters. The Hall–Kier alpha value is -0.570. The van der Waals surface area contributed by atoms with E-state index < -0.39 is 12.1 Å². The molecule has 1 unspecified atom stereocenters. The lowest BCUT2D eigenvalue weighted by Crippen LogP contribution is -2.26. The molecule has 0 spiro atoms. The molecule has 0 saturated carbocycles. The van der Waals surface area contributed by atoms with Crippen LogP contribution in [0.15, 0.2) is 0 Å². The summed E-state index contributed by atoms with van der Waals surface area (Å²) >= 11 is 0. The van der Waals surface area contributed by atoms with Crippen molar-refractivity contribution in [3.8, 4) is 0 Å². The summed E-state index contributed by atoms with van der Waals surface area (Å²) in [5.41, 5.74) is 0. The molecule has 0 aliphatic heterocycles. The van der Waals surface area contributed by atoms with E-state index in [-0.39, 0.29) is 5.92 Å². The van der Waals surface area contributed by atoms with Gasteiger partial charge in [-0.15, -0.1) is 0 Å². The van der Waals surface area contributed by atoms with Gasteiger partial charge in [0.25, 0.3) is 0 Å². The van der Waals surface area contributed by atoms with Crippen LogP contribution < -0.4 is 0 Å². The Kier molecular flexibility index (Phi) is 3.24. The predicted molar refractivity (Wildman–Crippen MR) is 33.1 cm³/mol. The Labute approximate surface area is 54.3 Å². The van der Waals surface area contributed by atoms with Crippen LogP contribution in [0, 0.1) is 5.92 Å². The molecule has 0 rings (SSSR count). The molecule has 0 radical (unpaired) electrons. The zero-order valence-corrected chi connectivity index (χ0v) is 5.66. The minimum atomic E-state index is -1.20. The second-order valence-electron chi connectivity index (χ2n) is 2.17. The van der Waals surface area contributed by atoms with E-state index >= 15 is 0 Å². The maximum Gasteiger partial charge on any atom is 0.332 e. The van der Waals surface area contributed by atoms with Gasteiger partial charge in [0, 0.05) is 0 Å². The van der Waals surface area contributed by atoms with Crippen LogP contribution >= 0.6 is 0 Å². The van der Waals surface area contributed by atoms with E-state index in [0.717, 1.165) is 0 Å². The van der Waals surface area contributed by atoms with Crippen LogP contribution in [0.4, 0.5) is 0 Å². The Morgan fingerprint density at radius 1 is 1.67 bits per heavy atom. The van der Waals surface area contributed by atoms with Gasteiger partial charge in [-0.3, -0.25) is 0 Å². The SMILES string of the molecule is CC[C@H](C)C(O)C(=O)O. The first-order chi connectivity index (χ1) is 4.09. The highest BCUT2D eigenvalue weighted by atomic mass is 16.4. The van der Waals surface area contributed by atoms with Crippen molar-refractivity contribution in [1.82, 2.24) is 0 Å². The van der Waals surface area contributed by atoms with E-state index in [9.17, 15) is 4.79 Å². The van der Waals surface area contributed by atoms with Crippen LogP contribution in [0.2, 0.25) is 0 Å². The van der Waals surface area contributed by atoms with Gasteiger partial charge >= 0.3 is 5.97 Å². The highest BCUT2D eigenvalue weighted by Crippen LogP contribution is 2.06. The van der Waals surface area contributed by atoms with Crippen molar-refractivity contribution in [2.45, 2.75) is 26.4 Å². The number of aliphatic carboxylic acids is 1. The van der Waals surface area contributed by atoms with Crippen LogP contribution in [0.25, 0.3) is 0 Å². The fourth-order valence-corrected chi connectivity index (χ4v) is 0.467. The van der Waals surface area contributed by atoms with Gasteiger partial charge in [-0.05, 0) is 5.92 Å². The number of hydrogen-bond donors (Lipinski definition) is 2. The van der Waals surface area contributed by atoms with E-state index in [2.05, 4.69) is 0 Å². The average Bonchev–Trinajstić information content (AvgIpc) is 1.84. The lowest BCUT2D eigenvalue weighted by atomic mass is 10.0. The molecular formula is C6H12O3. The Balaban J connectivity index is 3.72. The summed E-state index contributed by atoms with van der Waals surface area (Å²) in [5, 5.41) is 17.0. The number of rotatable bonds is 3. The summed E-state index contributed by atoms with van der Waals surface area (Å²) in [6.07, 6.45) is -0.511. The number of carboxylic acids is 1. The summed E-state index contributed by atoms with van der Waals surface area (Å²) in [4.78, 5) is 10.0. The van der Waals surface area contributed by atoms with Gasteiger partial charge in [0.1, 0.15) is 0 Å². The lowest BCUT2D eigenvalue weighted by molar-refractivity contribution is -0.149. The summed E-state index contributed by atoms with van der Waals surface area (Å²) in [6.45, 7) is 3.55. The van der Waals surface area contributed by atoms with E-state index in [1.54, 1.807) is 6.92 Å². The monoisotopic (exact) mass is 132 g/mol. The van der Waals surface area contributed by atoms with E-state index in [1.807, 2.05) is 6.92 Å². The topological polar surface area (TPSA) is 57.5 Å². The van der Waals surface area contributed by atoms with Gasteiger partial charge < -0.3 is 10.2 Å². The molecule has 0 amide bonds. The van der Waals surface area contributed by atoms with E-state index in [1.165, 1.54) is 0 Å². The fourth-order valence-electron chi connectivity index (χ4n) is 0.467. The molecule has 2 N–H and O–H groups in total. The van der Waals surface area contributed by atoms with Gasteiger partial charge in [0.05, 0.1) is 0 Å². The molecule has 0 heterocycles. The summed E-state index contributed by atoms with van der Waals surface area (Å²) < 4.78 is 0. The van der Waals surface area contributed by atoms with Gasteiger partial charge in [-0.1, -0.05) is 20.3 Å². The van der Waals surface area contributed by atoms with Gasteiger partial charge in [0.15, 0.2) is 6.10 Å². The second-order valence-corrected chi connectivity index (χ2v) is 2.17. The van der Waals surface area contributed by atoms with Crippen LogP contribution in [0.3, 0.4) is 0 Å². The smallest absolute Gasteiger partial charge is 0.332 e. The fraction of sp³-hybridized carbons (Fsp3) is 0.833. The summed E-state index contributed by atoms with van der Waals surface area (Å²) in [7, 11) is 0. The third-order valence-electron chi connectivity index (χ3n) is 1.44. The molecule has 0 aromatic carbocycles. The van der Waals surface area contributed by atoms with Crippen molar-refractivity contribution < 1.29 is 15.0 Å². The maximum atomic E-state index is 10.0. The van der Waals surface area contributed by atoms with E-state index in [0.29, 0.717) is 6.42 Å². The number of aliphatic hydroxyl groups excluding tert-OH is 1. The number of hydrogen-bond acceptors (Lipinski definition) is 2. The molecule has 3 heteroatoms. The maximum absolute atomic E-state index is 10.0. The van der Waals surface area contributed by atoms with E-state index in [4.69, 9.17) is 10.2 Å². The van der Waals surface area contributed by atoms with Crippen LogP contribution in [0.5, 0.6) is 0 Å². The molecule has 0 aromatic rings. The van der Waals surface area contributed by atoms with Crippen molar-refractivity contribution in [2.24, 2.45) is 5.92 Å². The first-order valence-electron chi connectivity index (χ1n) is 3.00. The number of carboxylic acid groups (broad SMARTS) is 1. The Morgan fingerprint density at radius 3 is 2.22 bits per heavy atom. The molecule has 0 bridgehead atoms. The molecule has 9 heavy (non-hydrogen) atoms. The third kappa shape index (κ3) is 2.46. The van der Waals surface area contributed by atoms with Crippen molar-refractivity contribution >= 4 is 5.97 Å². The summed E-state index contributed by atoms with van der Waals surface area (Å²) in [6, 6.07) is 0. The number of aliphatic hydroxyl groups is 1. The van der Waals surface area contributed by atoms with Crippen molar-refractivity contribution in [1.29, 1.82) is 0 Å². The second kappa shape index (κ2) is 3.45. The molecule has 0 saturated heterocycles. The first kappa shape index (κ1) is 8.43. The van der Waals surface area contributed by atoms with Gasteiger partial charge in [0.2, 0.25) is 0 Å². The van der Waals surface area contributed by atoms with Crippen molar-refractivity contribution in [2.75, 3.05) is 0 Å². The molecule has 54 valence electrons. The zero-order chi connectivity index (χ0) is 7.44. The normalized spacial score (nSPS) is 16.8. The third-order valence-corrected chi connectivity index (χ3v) is 1.44. The number of carbonyl (C=O) groups is 1. The highest BCUT2D eigenvalue weighted by molar-refractivity contribution is 5.72. The largest absolute Gasteiger partial charge is 0.479 e. The van der Waals surface area contributed by atoms with Crippen LogP contribution in [-0.2, 0) is 4.79 Å². The molecule has 0 aromatic heterocycles. The van der Waals surface area contributed by atoms with Crippen LogP contribution in [-0.4, -0.2) is 22.3 Å². The highest BCUT2D eigenvalue weighted by Gasteiger charge is 2.18. The molecule has 0 aliphatic rings. The lowest BCUT2D eigenvalue weighted by Gasteiger charge is -2.10. The first-order valence-corrected chi connectivity index (χ1v) is 3.00. The predicted octanol–water partition coefficient (Wildman–Crippen LogP) is 0.478. The zero-order valence-electron chi connectivity index (χ0n) is 5.66. The minimum absolute atomic E-state index is 0.150. The standard InChI is InChI=1S/C6H12O3/c1-3-4(2)5(7)6(8)9/h4-5,7H,3H2,1-2H3,(H,8,9)/t4-,5?/m0/s1. The summed E-state index contributed by atoms with van der Waals surface area (Å²) in [5.74, 6) is -1.29. The van der Waals surface area contributed by atoms with Gasteiger partial charge in [-0.25, -0.2) is 4.79 Å². The average molecular weight is 132 g/mol. The van der Waals surface area contributed by atoms with Crippen molar-refractivity contribution in [3.05, 3.63) is 0 Å². The van der Waals surface area contributed by atoms with Crippen LogP contribution in [0.1, 0.15) is 20.3 Å². The van der Waals surface area contributed by atoms with Gasteiger partial charge in [-0.2, -0.15) is 0 Å². The Morgan fingerprint density at radius 2 is 2.11 bits per heavy atom. The molecular weight excluding hydrogens is 120 g/mol. The molecule has 0 fully saturated rings. The molecule has 0 aliphatic carbocycles. The minimum Gasteiger partial charge on any atom is -0.479 e. The van der Waals surface area contributed by atoms with Crippen molar-refractivity contribution in [3.63, 3.8) is 0 Å². The Bertz CT molecular complexity index is 100.